The zero-order chi connectivity index (χ0) is 12.1. The van der Waals surface area contributed by atoms with Gasteiger partial charge >= 0.3 is 0 Å². The van der Waals surface area contributed by atoms with Gasteiger partial charge in [0.1, 0.15) is 0 Å². The number of carbonyl (C=O) groups is 1. The first-order chi connectivity index (χ1) is 7.50. The Balaban J connectivity index is 2.58. The zero-order valence-electron chi connectivity index (χ0n) is 9.37. The van der Waals surface area contributed by atoms with Crippen molar-refractivity contribution in [2.24, 2.45) is 0 Å². The monoisotopic (exact) mass is 286 g/mol. The van der Waals surface area contributed by atoms with Gasteiger partial charge in [-0.1, -0.05) is 0 Å². The summed E-state index contributed by atoms with van der Waals surface area (Å²) in [5.41, 5.74) is -0.111. The summed E-state index contributed by atoms with van der Waals surface area (Å²) < 4.78 is 2.03. The Bertz CT molecular complexity index is 426. The van der Waals surface area contributed by atoms with E-state index in [0.29, 0.717) is 17.4 Å². The Hall–Kier alpha value is -1.10. The van der Waals surface area contributed by atoms with E-state index in [-0.39, 0.29) is 17.5 Å². The van der Waals surface area contributed by atoms with E-state index in [1.165, 1.54) is 4.57 Å². The number of amides is 1. The number of hydrogen-bond donors (Lipinski definition) is 1. The highest BCUT2D eigenvalue weighted by Crippen LogP contribution is 2.01. The highest BCUT2D eigenvalue weighted by molar-refractivity contribution is 9.10. The minimum Gasteiger partial charge on any atom is -0.354 e. The Morgan fingerprint density at radius 3 is 2.88 bits per heavy atom. The second-order valence-corrected chi connectivity index (χ2v) is 4.68. The van der Waals surface area contributed by atoms with E-state index in [1.54, 1.807) is 18.3 Å². The van der Waals surface area contributed by atoms with E-state index in [4.69, 9.17) is 0 Å². The number of pyridine rings is 1. The van der Waals surface area contributed by atoms with Crippen LogP contribution >= 0.6 is 15.9 Å². The number of aryl methyl sites for hydroxylation is 1. The van der Waals surface area contributed by atoms with Gasteiger partial charge in [-0.2, -0.15) is 0 Å². The first-order valence-electron chi connectivity index (χ1n) is 5.15. The number of halogens is 1. The molecule has 5 heteroatoms. The summed E-state index contributed by atoms with van der Waals surface area (Å²) in [7, 11) is 0. The fraction of sp³-hybridized carbons (Fsp3) is 0.455. The molecule has 1 N–H and O–H groups in total. The lowest BCUT2D eigenvalue weighted by molar-refractivity contribution is -0.121. The predicted molar refractivity (Wildman–Crippen MR) is 66.3 cm³/mol. The Labute approximate surface area is 103 Å². The number of nitrogens with zero attached hydrogens (tertiary/aromatic N) is 1. The highest BCUT2D eigenvalue weighted by atomic mass is 79.9. The smallest absolute Gasteiger partial charge is 0.264 e. The number of rotatable bonds is 4. The Morgan fingerprint density at radius 2 is 2.25 bits per heavy atom. The minimum atomic E-state index is -0.111. The summed E-state index contributed by atoms with van der Waals surface area (Å²) in [6.45, 7) is 4.21. The van der Waals surface area contributed by atoms with Crippen LogP contribution in [0, 0.1) is 0 Å². The molecule has 1 heterocycles. The van der Waals surface area contributed by atoms with Crippen LogP contribution < -0.4 is 10.9 Å². The van der Waals surface area contributed by atoms with E-state index in [9.17, 15) is 9.59 Å². The molecule has 0 unspecified atom stereocenters. The van der Waals surface area contributed by atoms with Gasteiger partial charge in [0.15, 0.2) is 0 Å². The van der Waals surface area contributed by atoms with Gasteiger partial charge in [-0.3, -0.25) is 9.59 Å². The van der Waals surface area contributed by atoms with Crippen molar-refractivity contribution < 1.29 is 4.79 Å². The van der Waals surface area contributed by atoms with Crippen molar-refractivity contribution in [3.8, 4) is 0 Å². The molecule has 1 aromatic heterocycles. The van der Waals surface area contributed by atoms with Crippen LogP contribution in [0.3, 0.4) is 0 Å². The van der Waals surface area contributed by atoms with Crippen molar-refractivity contribution in [3.63, 3.8) is 0 Å². The van der Waals surface area contributed by atoms with Crippen molar-refractivity contribution in [2.75, 3.05) is 0 Å². The molecule has 0 saturated heterocycles. The molecule has 0 aliphatic heterocycles. The molecule has 0 aromatic carbocycles. The molecule has 0 fully saturated rings. The standard InChI is InChI=1S/C11H15BrN2O2/c1-8(2)13-10(15)5-7-14-6-3-4-9(12)11(14)16/h3-4,6,8H,5,7H2,1-2H3,(H,13,15). The summed E-state index contributed by atoms with van der Waals surface area (Å²) in [4.78, 5) is 23.0. The summed E-state index contributed by atoms with van der Waals surface area (Å²) in [5.74, 6) is -0.0399. The third-order valence-electron chi connectivity index (χ3n) is 2.00. The first kappa shape index (κ1) is 13.0. The van der Waals surface area contributed by atoms with E-state index >= 15 is 0 Å². The quantitative estimate of drug-likeness (QED) is 0.913. The second-order valence-electron chi connectivity index (χ2n) is 3.83. The lowest BCUT2D eigenvalue weighted by Crippen LogP contribution is -2.32. The van der Waals surface area contributed by atoms with Crippen molar-refractivity contribution in [3.05, 3.63) is 33.2 Å². The van der Waals surface area contributed by atoms with Crippen LogP contribution in [0.4, 0.5) is 0 Å². The van der Waals surface area contributed by atoms with Crippen molar-refractivity contribution in [1.82, 2.24) is 9.88 Å². The number of carbonyl (C=O) groups excluding carboxylic acids is 1. The molecule has 0 saturated carbocycles. The average molecular weight is 287 g/mol. The van der Waals surface area contributed by atoms with E-state index in [1.807, 2.05) is 13.8 Å². The van der Waals surface area contributed by atoms with Crippen LogP contribution in [0.25, 0.3) is 0 Å². The third kappa shape index (κ3) is 3.81. The molecule has 88 valence electrons. The van der Waals surface area contributed by atoms with Crippen LogP contribution in [-0.2, 0) is 11.3 Å². The molecule has 0 atom stereocenters. The van der Waals surface area contributed by atoms with Gasteiger partial charge in [0.25, 0.3) is 5.56 Å². The van der Waals surface area contributed by atoms with E-state index in [2.05, 4.69) is 21.2 Å². The average Bonchev–Trinajstić information content (AvgIpc) is 2.19. The topological polar surface area (TPSA) is 51.1 Å². The van der Waals surface area contributed by atoms with Gasteiger partial charge < -0.3 is 9.88 Å². The van der Waals surface area contributed by atoms with Crippen molar-refractivity contribution in [2.45, 2.75) is 32.9 Å². The maximum Gasteiger partial charge on any atom is 0.264 e. The maximum absolute atomic E-state index is 11.6. The number of nitrogens with one attached hydrogen (secondary N) is 1. The molecule has 1 rings (SSSR count). The third-order valence-corrected chi connectivity index (χ3v) is 2.61. The van der Waals surface area contributed by atoms with Crippen LogP contribution in [0.1, 0.15) is 20.3 Å². The summed E-state index contributed by atoms with van der Waals surface area (Å²) in [6, 6.07) is 3.59. The molecule has 0 bridgehead atoms. The molecule has 4 nitrogen and oxygen atoms in total. The van der Waals surface area contributed by atoms with Gasteiger partial charge in [-0.25, -0.2) is 0 Å². The van der Waals surface area contributed by atoms with Gasteiger partial charge in [0.05, 0.1) is 4.47 Å². The Kier molecular flexibility index (Phi) is 4.73. The van der Waals surface area contributed by atoms with E-state index in [0.717, 1.165) is 0 Å². The maximum atomic E-state index is 11.6. The highest BCUT2D eigenvalue weighted by Gasteiger charge is 2.05. The lowest BCUT2D eigenvalue weighted by atomic mass is 10.3. The molecule has 0 aliphatic carbocycles. The van der Waals surface area contributed by atoms with Crippen LogP contribution in [0.5, 0.6) is 0 Å². The molecule has 0 spiro atoms. The molecular formula is C11H15BrN2O2. The van der Waals surface area contributed by atoms with E-state index < -0.39 is 0 Å². The molecule has 1 aromatic rings. The normalized spacial score (nSPS) is 10.5. The minimum absolute atomic E-state index is 0.0399. The van der Waals surface area contributed by atoms with Gasteiger partial charge in [0.2, 0.25) is 5.91 Å². The van der Waals surface area contributed by atoms with Crippen LogP contribution in [-0.4, -0.2) is 16.5 Å². The number of aromatic nitrogens is 1. The molecule has 0 radical (unpaired) electrons. The Morgan fingerprint density at radius 1 is 1.56 bits per heavy atom. The second kappa shape index (κ2) is 5.84. The van der Waals surface area contributed by atoms with Gasteiger partial charge in [-0.15, -0.1) is 0 Å². The fourth-order valence-corrected chi connectivity index (χ4v) is 1.68. The van der Waals surface area contributed by atoms with Crippen LogP contribution in [0.2, 0.25) is 0 Å². The molecular weight excluding hydrogens is 272 g/mol. The van der Waals surface area contributed by atoms with Gasteiger partial charge in [0, 0.05) is 25.2 Å². The molecule has 0 aliphatic rings. The molecule has 1 amide bonds. The van der Waals surface area contributed by atoms with Crippen molar-refractivity contribution in [1.29, 1.82) is 0 Å². The predicted octanol–water partition coefficient (Wildman–Crippen LogP) is 1.53. The number of hydrogen-bond acceptors (Lipinski definition) is 2. The molecule has 16 heavy (non-hydrogen) atoms. The first-order valence-corrected chi connectivity index (χ1v) is 5.94. The SMILES string of the molecule is CC(C)NC(=O)CCn1cccc(Br)c1=O. The zero-order valence-corrected chi connectivity index (χ0v) is 11.0. The summed E-state index contributed by atoms with van der Waals surface area (Å²) >= 11 is 3.16. The summed E-state index contributed by atoms with van der Waals surface area (Å²) in [6.07, 6.45) is 1.99. The largest absolute Gasteiger partial charge is 0.354 e. The van der Waals surface area contributed by atoms with Crippen molar-refractivity contribution >= 4 is 21.8 Å². The lowest BCUT2D eigenvalue weighted by Gasteiger charge is -2.09. The summed E-state index contributed by atoms with van der Waals surface area (Å²) in [5, 5.41) is 2.78. The van der Waals surface area contributed by atoms with Crippen LogP contribution in [0.15, 0.2) is 27.6 Å². The van der Waals surface area contributed by atoms with Gasteiger partial charge in [-0.05, 0) is 41.9 Å². The fourth-order valence-electron chi connectivity index (χ4n) is 1.30.